The molecular weight excluding hydrogens is 228 g/mol. The van der Waals surface area contributed by atoms with Crippen molar-refractivity contribution in [2.75, 3.05) is 0 Å². The second kappa shape index (κ2) is 9.19. The largest absolute Gasteiger partial charge is 5.00 e. The number of rotatable bonds is 0. The van der Waals surface area contributed by atoms with E-state index < -0.39 is 7.82 Å². The van der Waals surface area contributed by atoms with Crippen molar-refractivity contribution >= 4 is 7.82 Å². The van der Waals surface area contributed by atoms with Gasteiger partial charge in [0.15, 0.2) is 0 Å². The van der Waals surface area contributed by atoms with Crippen molar-refractivity contribution in [1.29, 1.82) is 0 Å². The van der Waals surface area contributed by atoms with Gasteiger partial charge in [0.05, 0.1) is 0 Å². The Morgan fingerprint density at radius 2 is 1.12 bits per heavy atom. The molecule has 8 heavy (non-hydrogen) atoms. The predicted molar refractivity (Wildman–Crippen MR) is 7.61 cm³/mol. The zero-order valence-corrected chi connectivity index (χ0v) is 9.12. The van der Waals surface area contributed by atoms with Crippen LogP contribution in [-0.2, 0) is 39.6 Å². The summed E-state index contributed by atoms with van der Waals surface area (Å²) in [5, 5.41) is 0. The third-order valence-corrected chi connectivity index (χ3v) is 0. The zero-order valence-electron chi connectivity index (χ0n) is 3.84. The molecule has 0 saturated heterocycles. The van der Waals surface area contributed by atoms with E-state index in [1.165, 1.54) is 0 Å². The Labute approximate surface area is 90.8 Å². The maximum Gasteiger partial charge on any atom is 5.00 e. The normalized spacial score (nSPS) is 7.38. The van der Waals surface area contributed by atoms with Crippen molar-refractivity contribution in [3.63, 3.8) is 0 Å². The summed E-state index contributed by atoms with van der Waals surface area (Å²) in [6.07, 6.45) is 0. The molecule has 0 aliphatic heterocycles. The molecule has 0 aromatic carbocycles. The number of hydrogen-bond acceptors (Lipinski definition) is 4. The van der Waals surface area contributed by atoms with E-state index in [9.17, 15) is 0 Å². The second-order valence-corrected chi connectivity index (χ2v) is 1.34. The van der Waals surface area contributed by atoms with Gasteiger partial charge in [-0.3, -0.25) is 0 Å². The molecule has 0 unspecified atom stereocenters. The van der Waals surface area contributed by atoms with Crippen molar-refractivity contribution < 1.29 is 83.8 Å². The Balaban J connectivity index is -0.0000000267. The predicted octanol–water partition coefficient (Wildman–Crippen LogP) is -5.83. The first-order valence-corrected chi connectivity index (χ1v) is 2.19. The van der Waals surface area contributed by atoms with Gasteiger partial charge >= 0.3 is 64.6 Å². The first kappa shape index (κ1) is 22.5. The summed E-state index contributed by atoms with van der Waals surface area (Å²) in [4.78, 5) is 25.6. The summed E-state index contributed by atoms with van der Waals surface area (Å²) < 4.78 is 8.55. The summed E-state index contributed by atoms with van der Waals surface area (Å²) in [5.41, 5.74) is 0. The minimum absolute atomic E-state index is 0. The molecule has 0 spiro atoms. The average molecular weight is 228 g/mol. The molecule has 0 aromatic rings. The van der Waals surface area contributed by atoms with Crippen LogP contribution in [0.5, 0.6) is 0 Å². The molecule has 0 bridgehead atoms. The monoisotopic (exact) mass is 227 g/mol. The molecule has 0 N–H and O–H groups in total. The fourth-order valence-electron chi connectivity index (χ4n) is 0. The molecule has 0 amide bonds. The van der Waals surface area contributed by atoms with E-state index in [2.05, 4.69) is 0 Å². The fraction of sp³-hybridized carbons (Fsp3) is 0. The van der Waals surface area contributed by atoms with Crippen LogP contribution in [0, 0.1) is 0 Å². The third kappa shape index (κ3) is 88.4. The van der Waals surface area contributed by atoms with Crippen LogP contribution in [-0.4, -0.2) is 0 Å². The molecule has 8 heteroatoms. The van der Waals surface area contributed by atoms with Crippen LogP contribution in [0.15, 0.2) is 0 Å². The van der Waals surface area contributed by atoms with Crippen LogP contribution < -0.4 is 44.2 Å². The molecule has 0 radical (unpaired) electrons. The second-order valence-electron chi connectivity index (χ2n) is 0.447. The molecule has 0 fully saturated rings. The molecule has 0 aromatic heterocycles. The van der Waals surface area contributed by atoms with Crippen LogP contribution >= 0.6 is 7.82 Å². The summed E-state index contributed by atoms with van der Waals surface area (Å²) in [7, 11) is -5.39. The standard InChI is InChI=1S/Na.Ni.H3O4P.V/c;;1-5(2,3)4;/h;;(H3,1,2,3,4);/q+1;+2;;+5/p-3. The van der Waals surface area contributed by atoms with E-state index in [4.69, 9.17) is 19.2 Å². The van der Waals surface area contributed by atoms with Gasteiger partial charge in [0.2, 0.25) is 0 Å². The SMILES string of the molecule is O=P([O-])([O-])[O-].[Na+].[Ni+2].[V+5]. The van der Waals surface area contributed by atoms with Crippen LogP contribution in [0.25, 0.3) is 0 Å². The van der Waals surface area contributed by atoms with Crippen molar-refractivity contribution in [1.82, 2.24) is 0 Å². The Bertz CT molecular complexity index is 62.2. The van der Waals surface area contributed by atoms with Crippen LogP contribution in [0.1, 0.15) is 0 Å². The van der Waals surface area contributed by atoms with E-state index >= 15 is 0 Å². The number of hydrogen-bond donors (Lipinski definition) is 0. The fourth-order valence-corrected chi connectivity index (χ4v) is 0. The minimum Gasteiger partial charge on any atom is -0.822 e. The van der Waals surface area contributed by atoms with Gasteiger partial charge in [-0.25, -0.2) is 0 Å². The molecular formula is NaNiO4PV+5. The van der Waals surface area contributed by atoms with Gasteiger partial charge in [-0.2, -0.15) is 7.82 Å². The summed E-state index contributed by atoms with van der Waals surface area (Å²) in [6, 6.07) is 0. The van der Waals surface area contributed by atoms with Gasteiger partial charge in [-0.05, 0) is 0 Å². The van der Waals surface area contributed by atoms with Crippen molar-refractivity contribution in [2.24, 2.45) is 0 Å². The molecule has 4 nitrogen and oxygen atoms in total. The van der Waals surface area contributed by atoms with E-state index in [-0.39, 0.29) is 64.6 Å². The molecule has 0 atom stereocenters. The smallest absolute Gasteiger partial charge is 0.822 e. The Morgan fingerprint density at radius 3 is 1.12 bits per heavy atom. The van der Waals surface area contributed by atoms with E-state index in [0.29, 0.717) is 0 Å². The number of phosphoric acid groups is 1. The van der Waals surface area contributed by atoms with Gasteiger partial charge in [0, 0.05) is 0 Å². The van der Waals surface area contributed by atoms with Crippen molar-refractivity contribution in [2.45, 2.75) is 0 Å². The molecule has 0 heterocycles. The Kier molecular flexibility index (Phi) is 25.8. The van der Waals surface area contributed by atoms with E-state index in [0.717, 1.165) is 0 Å². The maximum absolute atomic E-state index is 8.55. The maximum atomic E-state index is 8.55. The van der Waals surface area contributed by atoms with Gasteiger partial charge in [-0.15, -0.1) is 0 Å². The average Bonchev–Trinajstić information content (AvgIpc) is 0.722. The topological polar surface area (TPSA) is 86.2 Å². The summed E-state index contributed by atoms with van der Waals surface area (Å²) in [5.74, 6) is 0. The van der Waals surface area contributed by atoms with E-state index in [1.54, 1.807) is 0 Å². The Morgan fingerprint density at radius 1 is 1.12 bits per heavy atom. The van der Waals surface area contributed by atoms with Crippen LogP contribution in [0.3, 0.4) is 0 Å². The van der Waals surface area contributed by atoms with Crippen LogP contribution in [0.4, 0.5) is 0 Å². The summed E-state index contributed by atoms with van der Waals surface area (Å²) in [6.45, 7) is 0. The van der Waals surface area contributed by atoms with Gasteiger partial charge in [0.1, 0.15) is 0 Å². The molecule has 40 valence electrons. The zero-order chi connectivity index (χ0) is 4.50. The quantitative estimate of drug-likeness (QED) is 0.305. The first-order valence-electron chi connectivity index (χ1n) is 0.730. The first-order chi connectivity index (χ1) is 2.00. The molecule has 0 rings (SSSR count). The van der Waals surface area contributed by atoms with Gasteiger partial charge in [-0.1, -0.05) is 0 Å². The molecule has 0 saturated carbocycles. The minimum atomic E-state index is -5.39. The van der Waals surface area contributed by atoms with Crippen molar-refractivity contribution in [3.05, 3.63) is 0 Å². The molecule has 0 aliphatic rings. The van der Waals surface area contributed by atoms with Crippen LogP contribution in [0.2, 0.25) is 0 Å². The van der Waals surface area contributed by atoms with Gasteiger partial charge < -0.3 is 19.2 Å². The third-order valence-electron chi connectivity index (χ3n) is 0. The Hall–Kier alpha value is 2.19. The van der Waals surface area contributed by atoms with Crippen molar-refractivity contribution in [3.8, 4) is 0 Å². The summed E-state index contributed by atoms with van der Waals surface area (Å²) >= 11 is 0. The van der Waals surface area contributed by atoms with E-state index in [1.807, 2.05) is 0 Å². The molecule has 0 aliphatic carbocycles. The van der Waals surface area contributed by atoms with Gasteiger partial charge in [0.25, 0.3) is 0 Å².